The standard InChI is InChI=1S/C2H8N2.4C2H4O2.Cu/c3-1-2-4;4*1-2(3)4;/h1-4H2;4*1H3,(H,3,4);/q;;;;;+2. The molecule has 8 N–H and O–H groups in total. The van der Waals surface area contributed by atoms with Gasteiger partial charge in [-0.1, -0.05) is 0 Å². The molecular formula is C10H24CuN2O8+2. The Morgan fingerprint density at radius 1 is 0.619 bits per heavy atom. The van der Waals surface area contributed by atoms with E-state index in [1.807, 2.05) is 0 Å². The predicted molar refractivity (Wildman–Crippen MR) is 71.3 cm³/mol. The van der Waals surface area contributed by atoms with Crippen LogP contribution in [0.25, 0.3) is 0 Å². The Balaban J connectivity index is -0.0000000331. The summed E-state index contributed by atoms with van der Waals surface area (Å²) in [6.07, 6.45) is 0. The molecule has 0 aliphatic heterocycles. The van der Waals surface area contributed by atoms with E-state index in [-0.39, 0.29) is 17.1 Å². The van der Waals surface area contributed by atoms with Gasteiger partial charge in [-0.3, -0.25) is 19.2 Å². The zero-order valence-corrected chi connectivity index (χ0v) is 13.2. The minimum atomic E-state index is -0.833. The minimum Gasteiger partial charge on any atom is -0.481 e. The molecule has 0 aromatic rings. The number of carboxylic acids is 4. The van der Waals surface area contributed by atoms with Crippen molar-refractivity contribution in [2.24, 2.45) is 11.5 Å². The average molecular weight is 364 g/mol. The smallest absolute Gasteiger partial charge is 0.481 e. The molecule has 11 heteroatoms. The SMILES string of the molecule is CC(=O)O.CC(=O)O.CC(=O)O.CC(=O)O.NCCN.[Cu+2]. The number of aliphatic carboxylic acids is 4. The Kier molecular flexibility index (Phi) is 63.0. The molecule has 0 aliphatic carbocycles. The fraction of sp³-hybridized carbons (Fsp3) is 0.600. The third-order valence-electron chi connectivity index (χ3n) is 0.167. The predicted octanol–water partition coefficient (Wildman–Crippen LogP) is -0.735. The van der Waals surface area contributed by atoms with Crippen molar-refractivity contribution in [1.29, 1.82) is 0 Å². The number of carbonyl (C=O) groups is 4. The van der Waals surface area contributed by atoms with Crippen LogP contribution in [-0.4, -0.2) is 57.4 Å². The molecule has 0 saturated carbocycles. The second-order valence-corrected chi connectivity index (χ2v) is 2.65. The van der Waals surface area contributed by atoms with Gasteiger partial charge < -0.3 is 31.9 Å². The molecule has 0 heterocycles. The zero-order chi connectivity index (χ0) is 17.7. The first-order chi connectivity index (χ1) is 8.84. The first-order valence-electron chi connectivity index (χ1n) is 5.03. The van der Waals surface area contributed by atoms with E-state index in [9.17, 15) is 0 Å². The number of hydrogen-bond acceptors (Lipinski definition) is 6. The van der Waals surface area contributed by atoms with Gasteiger partial charge in [-0.25, -0.2) is 0 Å². The van der Waals surface area contributed by atoms with Crippen molar-refractivity contribution in [3.8, 4) is 0 Å². The molecule has 0 unspecified atom stereocenters. The molecule has 0 aliphatic rings. The summed E-state index contributed by atoms with van der Waals surface area (Å²) in [5.74, 6) is -3.33. The van der Waals surface area contributed by atoms with Crippen molar-refractivity contribution in [2.45, 2.75) is 27.7 Å². The van der Waals surface area contributed by atoms with Crippen molar-refractivity contribution in [3.05, 3.63) is 0 Å². The summed E-state index contributed by atoms with van der Waals surface area (Å²) in [5, 5.41) is 29.7. The zero-order valence-electron chi connectivity index (χ0n) is 12.3. The maximum atomic E-state index is 9.00. The van der Waals surface area contributed by atoms with E-state index in [0.717, 1.165) is 27.7 Å². The Morgan fingerprint density at radius 2 is 0.667 bits per heavy atom. The number of nitrogens with two attached hydrogens (primary N) is 2. The first-order valence-corrected chi connectivity index (χ1v) is 5.03. The van der Waals surface area contributed by atoms with Gasteiger partial charge >= 0.3 is 17.1 Å². The summed E-state index contributed by atoms with van der Waals surface area (Å²) in [4.78, 5) is 36.0. The Labute approximate surface area is 133 Å². The molecule has 0 bridgehead atoms. The maximum absolute atomic E-state index is 9.00. The van der Waals surface area contributed by atoms with Gasteiger partial charge in [0.15, 0.2) is 0 Å². The van der Waals surface area contributed by atoms with Crippen LogP contribution in [0.1, 0.15) is 27.7 Å². The van der Waals surface area contributed by atoms with Crippen LogP contribution in [0.15, 0.2) is 0 Å². The molecule has 0 fully saturated rings. The molecule has 10 nitrogen and oxygen atoms in total. The van der Waals surface area contributed by atoms with E-state index in [1.54, 1.807) is 0 Å². The Hall–Kier alpha value is -1.68. The quantitative estimate of drug-likeness (QED) is 0.322. The molecule has 0 aromatic heterocycles. The summed E-state index contributed by atoms with van der Waals surface area (Å²) < 4.78 is 0. The van der Waals surface area contributed by atoms with Crippen LogP contribution in [0, 0.1) is 0 Å². The molecule has 0 saturated heterocycles. The fourth-order valence-corrected chi connectivity index (χ4v) is 0. The third-order valence-corrected chi connectivity index (χ3v) is 0.167. The van der Waals surface area contributed by atoms with Gasteiger partial charge in [0.1, 0.15) is 0 Å². The van der Waals surface area contributed by atoms with Crippen molar-refractivity contribution < 1.29 is 56.7 Å². The summed E-state index contributed by atoms with van der Waals surface area (Å²) in [6.45, 7) is 5.53. The van der Waals surface area contributed by atoms with E-state index in [1.165, 1.54) is 0 Å². The summed E-state index contributed by atoms with van der Waals surface area (Å²) in [6, 6.07) is 0. The molecule has 0 spiro atoms. The largest absolute Gasteiger partial charge is 2.00 e. The third kappa shape index (κ3) is 10500. The summed E-state index contributed by atoms with van der Waals surface area (Å²) in [7, 11) is 0. The second kappa shape index (κ2) is 36.2. The molecule has 0 amide bonds. The topological polar surface area (TPSA) is 201 Å². The summed E-state index contributed by atoms with van der Waals surface area (Å²) >= 11 is 0. The Morgan fingerprint density at radius 3 is 0.667 bits per heavy atom. The molecular weight excluding hydrogens is 340 g/mol. The van der Waals surface area contributed by atoms with Crippen LogP contribution in [0.4, 0.5) is 0 Å². The minimum absolute atomic E-state index is 0. The van der Waals surface area contributed by atoms with Crippen LogP contribution in [0.2, 0.25) is 0 Å². The van der Waals surface area contributed by atoms with Gasteiger partial charge in [0.2, 0.25) is 0 Å². The van der Waals surface area contributed by atoms with E-state index in [0.29, 0.717) is 13.1 Å². The monoisotopic (exact) mass is 363 g/mol. The van der Waals surface area contributed by atoms with E-state index in [2.05, 4.69) is 0 Å². The Bertz CT molecular complexity index is 195. The van der Waals surface area contributed by atoms with Gasteiger partial charge in [-0.05, 0) is 0 Å². The van der Waals surface area contributed by atoms with Crippen LogP contribution < -0.4 is 11.5 Å². The van der Waals surface area contributed by atoms with E-state index < -0.39 is 23.9 Å². The van der Waals surface area contributed by atoms with Gasteiger partial charge in [-0.2, -0.15) is 0 Å². The molecule has 0 aromatic carbocycles. The number of rotatable bonds is 1. The number of hydrogen-bond donors (Lipinski definition) is 6. The van der Waals surface area contributed by atoms with Crippen LogP contribution in [-0.2, 0) is 36.2 Å². The first kappa shape index (κ1) is 36.5. The van der Waals surface area contributed by atoms with E-state index >= 15 is 0 Å². The van der Waals surface area contributed by atoms with Gasteiger partial charge in [0.05, 0.1) is 0 Å². The molecule has 131 valence electrons. The molecule has 21 heavy (non-hydrogen) atoms. The van der Waals surface area contributed by atoms with Crippen LogP contribution >= 0.6 is 0 Å². The molecule has 0 rings (SSSR count). The van der Waals surface area contributed by atoms with E-state index in [4.69, 9.17) is 51.1 Å². The van der Waals surface area contributed by atoms with Gasteiger partial charge in [0.25, 0.3) is 23.9 Å². The molecule has 1 radical (unpaired) electrons. The van der Waals surface area contributed by atoms with Crippen LogP contribution in [0.3, 0.4) is 0 Å². The van der Waals surface area contributed by atoms with Crippen molar-refractivity contribution >= 4 is 23.9 Å². The average Bonchev–Trinajstić information content (AvgIpc) is 2.13. The van der Waals surface area contributed by atoms with Gasteiger partial charge in [-0.15, -0.1) is 0 Å². The molecule has 0 atom stereocenters. The maximum Gasteiger partial charge on any atom is 2.00 e. The van der Waals surface area contributed by atoms with Crippen molar-refractivity contribution in [1.82, 2.24) is 0 Å². The fourth-order valence-electron chi connectivity index (χ4n) is 0. The normalized spacial score (nSPS) is 6.19. The van der Waals surface area contributed by atoms with Gasteiger partial charge in [0, 0.05) is 40.8 Å². The summed E-state index contributed by atoms with van der Waals surface area (Å²) in [5.41, 5.74) is 9.81. The van der Waals surface area contributed by atoms with Crippen molar-refractivity contribution in [2.75, 3.05) is 13.1 Å². The second-order valence-electron chi connectivity index (χ2n) is 2.65. The number of carboxylic acid groups (broad SMARTS) is 4. The van der Waals surface area contributed by atoms with Crippen LogP contribution in [0.5, 0.6) is 0 Å². The van der Waals surface area contributed by atoms with Crippen molar-refractivity contribution in [3.63, 3.8) is 0 Å².